The fourth-order valence-electron chi connectivity index (χ4n) is 3.88. The van der Waals surface area contributed by atoms with Crippen molar-refractivity contribution in [2.75, 3.05) is 4.90 Å². The average molecular weight is 289 g/mol. The first-order chi connectivity index (χ1) is 9.61. The van der Waals surface area contributed by atoms with Gasteiger partial charge >= 0.3 is 0 Å². The average Bonchev–Trinajstić information content (AvgIpc) is 2.35. The van der Waals surface area contributed by atoms with Crippen LogP contribution in [0.2, 0.25) is 0 Å². The highest BCUT2D eigenvalue weighted by atomic mass is 16.2. The van der Waals surface area contributed by atoms with Crippen molar-refractivity contribution in [1.29, 1.82) is 0 Å². The molecule has 0 aliphatic carbocycles. The number of carbonyl (C=O) groups is 1. The van der Waals surface area contributed by atoms with Crippen LogP contribution < -0.4 is 16.2 Å². The Balaban J connectivity index is 2.65. The Kier molecular flexibility index (Phi) is 3.79. The molecule has 1 aliphatic heterocycles. The van der Waals surface area contributed by atoms with Crippen molar-refractivity contribution in [3.05, 3.63) is 29.3 Å². The van der Waals surface area contributed by atoms with Crippen LogP contribution >= 0.6 is 0 Å². The van der Waals surface area contributed by atoms with Crippen LogP contribution in [0.1, 0.15) is 58.1 Å². The van der Waals surface area contributed by atoms with Gasteiger partial charge in [-0.3, -0.25) is 10.2 Å². The van der Waals surface area contributed by atoms with Crippen LogP contribution in [0.5, 0.6) is 0 Å². The number of aryl methyl sites for hydroxylation is 1. The van der Waals surface area contributed by atoms with Gasteiger partial charge in [-0.1, -0.05) is 19.1 Å². The molecule has 1 aliphatic rings. The number of anilines is 1. The zero-order valence-electron chi connectivity index (χ0n) is 13.9. The predicted octanol–water partition coefficient (Wildman–Crippen LogP) is 2.86. The fourth-order valence-corrected chi connectivity index (χ4v) is 3.88. The Morgan fingerprint density at radius 2 is 2.05 bits per heavy atom. The molecule has 0 fully saturated rings. The van der Waals surface area contributed by atoms with Crippen molar-refractivity contribution in [2.24, 2.45) is 5.84 Å². The minimum absolute atomic E-state index is 0.115. The third-order valence-corrected chi connectivity index (χ3v) is 4.61. The smallest absolute Gasteiger partial charge is 0.259 e. The lowest BCUT2D eigenvalue weighted by Crippen LogP contribution is -2.65. The lowest BCUT2D eigenvalue weighted by molar-refractivity contribution is -0.126. The van der Waals surface area contributed by atoms with Crippen molar-refractivity contribution in [1.82, 2.24) is 5.43 Å². The molecule has 4 heteroatoms. The first-order valence-electron chi connectivity index (χ1n) is 7.53. The molecule has 21 heavy (non-hydrogen) atoms. The monoisotopic (exact) mass is 289 g/mol. The fraction of sp³-hybridized carbons (Fsp3) is 0.588. The standard InChI is InChI=1S/C17H27N3O/c1-11-7-8-13-12(2)10-16(3,4)20(14(13)9-11)17(5,6)15(21)19-18/h7-9,12H,10,18H2,1-6H3,(H,19,21)/t12-/m0/s1. The lowest BCUT2D eigenvalue weighted by atomic mass is 9.76. The summed E-state index contributed by atoms with van der Waals surface area (Å²) in [6.07, 6.45) is 1.00. The topological polar surface area (TPSA) is 58.4 Å². The number of hydrazine groups is 1. The van der Waals surface area contributed by atoms with E-state index in [0.717, 1.165) is 12.1 Å². The van der Waals surface area contributed by atoms with E-state index < -0.39 is 5.54 Å². The van der Waals surface area contributed by atoms with Gasteiger partial charge in [0.2, 0.25) is 0 Å². The number of amides is 1. The highest BCUT2D eigenvalue weighted by molar-refractivity contribution is 5.90. The van der Waals surface area contributed by atoms with E-state index in [1.165, 1.54) is 11.1 Å². The number of benzene rings is 1. The minimum Gasteiger partial charge on any atom is -0.352 e. The number of fused-ring (bicyclic) bond motifs is 1. The second-order valence-electron chi connectivity index (χ2n) is 7.35. The van der Waals surface area contributed by atoms with Crippen LogP contribution in [0.4, 0.5) is 5.69 Å². The van der Waals surface area contributed by atoms with Crippen LogP contribution in [0.3, 0.4) is 0 Å². The van der Waals surface area contributed by atoms with Gasteiger partial charge < -0.3 is 4.90 Å². The van der Waals surface area contributed by atoms with Gasteiger partial charge in [0.05, 0.1) is 0 Å². The SMILES string of the molecule is Cc1ccc2c(c1)N(C(C)(C)C(=O)NN)C(C)(C)C[C@@H]2C. The largest absolute Gasteiger partial charge is 0.352 e. The molecule has 0 aromatic heterocycles. The number of nitrogens with zero attached hydrogens (tertiary/aromatic N) is 1. The van der Waals surface area contributed by atoms with Crippen LogP contribution in [-0.4, -0.2) is 17.0 Å². The minimum atomic E-state index is -0.707. The highest BCUT2D eigenvalue weighted by Gasteiger charge is 2.46. The second kappa shape index (κ2) is 5.02. The molecule has 0 unspecified atom stereocenters. The molecule has 4 nitrogen and oxygen atoms in total. The molecule has 1 aromatic rings. The van der Waals surface area contributed by atoms with Gasteiger partial charge in [0, 0.05) is 11.2 Å². The normalized spacial score (nSPS) is 20.9. The molecule has 1 heterocycles. The Morgan fingerprint density at radius 1 is 1.43 bits per heavy atom. The number of hydrogen-bond donors (Lipinski definition) is 2. The molecule has 1 atom stereocenters. The summed E-state index contributed by atoms with van der Waals surface area (Å²) in [7, 11) is 0. The van der Waals surface area contributed by atoms with Gasteiger partial charge in [-0.25, -0.2) is 5.84 Å². The van der Waals surface area contributed by atoms with Gasteiger partial charge in [-0.2, -0.15) is 0 Å². The van der Waals surface area contributed by atoms with E-state index >= 15 is 0 Å². The van der Waals surface area contributed by atoms with Crippen LogP contribution in [0, 0.1) is 6.92 Å². The van der Waals surface area contributed by atoms with E-state index in [1.807, 2.05) is 13.8 Å². The number of hydrogen-bond acceptors (Lipinski definition) is 3. The van der Waals surface area contributed by atoms with Gasteiger partial charge in [-0.05, 0) is 64.2 Å². The molecule has 116 valence electrons. The summed E-state index contributed by atoms with van der Waals surface area (Å²) in [6, 6.07) is 6.51. The Hall–Kier alpha value is -1.55. The third kappa shape index (κ3) is 2.53. The number of carbonyl (C=O) groups excluding carboxylic acids is 1. The first kappa shape index (κ1) is 15.8. The summed E-state index contributed by atoms with van der Waals surface area (Å²) in [5.41, 5.74) is 5.14. The Labute approximate surface area is 127 Å². The van der Waals surface area contributed by atoms with E-state index in [-0.39, 0.29) is 11.4 Å². The van der Waals surface area contributed by atoms with E-state index in [0.29, 0.717) is 5.92 Å². The quantitative estimate of drug-likeness (QED) is 0.500. The van der Waals surface area contributed by atoms with E-state index in [1.54, 1.807) is 0 Å². The summed E-state index contributed by atoms with van der Waals surface area (Å²) in [4.78, 5) is 14.5. The van der Waals surface area contributed by atoms with Crippen molar-refractivity contribution in [3.63, 3.8) is 0 Å². The molecule has 1 aromatic carbocycles. The van der Waals surface area contributed by atoms with Gasteiger partial charge in [0.15, 0.2) is 0 Å². The summed E-state index contributed by atoms with van der Waals surface area (Å²) < 4.78 is 0. The zero-order chi connectivity index (χ0) is 16.0. The van der Waals surface area contributed by atoms with E-state index in [9.17, 15) is 4.79 Å². The number of rotatable bonds is 2. The first-order valence-corrected chi connectivity index (χ1v) is 7.53. The molecular formula is C17H27N3O. The highest BCUT2D eigenvalue weighted by Crippen LogP contribution is 2.46. The molecule has 0 spiro atoms. The molecule has 0 saturated carbocycles. The van der Waals surface area contributed by atoms with Crippen molar-refractivity contribution in [2.45, 2.75) is 65.0 Å². The van der Waals surface area contributed by atoms with Crippen molar-refractivity contribution >= 4 is 11.6 Å². The van der Waals surface area contributed by atoms with E-state index in [4.69, 9.17) is 5.84 Å². The molecular weight excluding hydrogens is 262 g/mol. The zero-order valence-corrected chi connectivity index (χ0v) is 13.9. The van der Waals surface area contributed by atoms with Gasteiger partial charge in [0.1, 0.15) is 5.54 Å². The number of nitrogens with two attached hydrogens (primary N) is 1. The maximum absolute atomic E-state index is 12.3. The molecule has 1 amide bonds. The molecule has 0 radical (unpaired) electrons. The summed E-state index contributed by atoms with van der Waals surface area (Å²) in [5, 5.41) is 0. The van der Waals surface area contributed by atoms with Crippen LogP contribution in [0.25, 0.3) is 0 Å². The third-order valence-electron chi connectivity index (χ3n) is 4.61. The summed E-state index contributed by atoms with van der Waals surface area (Å²) >= 11 is 0. The molecule has 0 bridgehead atoms. The summed E-state index contributed by atoms with van der Waals surface area (Å²) in [6.45, 7) is 12.6. The predicted molar refractivity (Wildman–Crippen MR) is 87.2 cm³/mol. The van der Waals surface area contributed by atoms with E-state index in [2.05, 4.69) is 56.2 Å². The number of nitrogens with one attached hydrogen (secondary N) is 1. The van der Waals surface area contributed by atoms with Crippen molar-refractivity contribution < 1.29 is 4.79 Å². The molecule has 0 saturated heterocycles. The Morgan fingerprint density at radius 3 is 2.62 bits per heavy atom. The van der Waals surface area contributed by atoms with Crippen LogP contribution in [-0.2, 0) is 4.79 Å². The van der Waals surface area contributed by atoms with Crippen molar-refractivity contribution in [3.8, 4) is 0 Å². The maximum atomic E-state index is 12.3. The lowest BCUT2D eigenvalue weighted by Gasteiger charge is -2.54. The summed E-state index contributed by atoms with van der Waals surface area (Å²) in [5.74, 6) is 5.71. The Bertz CT molecular complexity index is 563. The second-order valence-corrected chi connectivity index (χ2v) is 7.35. The van der Waals surface area contributed by atoms with Gasteiger partial charge in [0.25, 0.3) is 5.91 Å². The molecule has 3 N–H and O–H groups in total. The van der Waals surface area contributed by atoms with Crippen LogP contribution in [0.15, 0.2) is 18.2 Å². The molecule has 2 rings (SSSR count). The maximum Gasteiger partial charge on any atom is 0.259 e. The van der Waals surface area contributed by atoms with Gasteiger partial charge in [-0.15, -0.1) is 0 Å².